The van der Waals surface area contributed by atoms with Crippen molar-refractivity contribution in [2.75, 3.05) is 20.3 Å². The van der Waals surface area contributed by atoms with Crippen LogP contribution in [0.5, 0.6) is 17.2 Å². The van der Waals surface area contributed by atoms with Gasteiger partial charge in [-0.2, -0.15) is 0 Å². The monoisotopic (exact) mass is 370 g/mol. The van der Waals surface area contributed by atoms with Gasteiger partial charge in [-0.1, -0.05) is 18.2 Å². The van der Waals surface area contributed by atoms with Crippen LogP contribution in [0.4, 0.5) is 0 Å². The lowest BCUT2D eigenvalue weighted by Gasteiger charge is -2.12. The topological polar surface area (TPSA) is 27.7 Å². The molecule has 112 valence electrons. The molecule has 0 heterocycles. The summed E-state index contributed by atoms with van der Waals surface area (Å²) in [6, 6.07) is 13.3. The maximum atomic E-state index is 5.78. The minimum Gasteiger partial charge on any atom is -0.493 e. The van der Waals surface area contributed by atoms with Gasteiger partial charge < -0.3 is 14.2 Å². The predicted octanol–water partition coefficient (Wildman–Crippen LogP) is 4.65. The first-order chi connectivity index (χ1) is 10.2. The summed E-state index contributed by atoms with van der Waals surface area (Å²) in [6.45, 7) is 0.876. The Balaban J connectivity index is 1.85. The Hall–Kier alpha value is -1.39. The van der Waals surface area contributed by atoms with E-state index < -0.39 is 0 Å². The van der Waals surface area contributed by atoms with Crippen LogP contribution in [0, 0.1) is 0 Å². The van der Waals surface area contributed by atoms with Crippen LogP contribution in [0.15, 0.2) is 46.9 Å². The lowest BCUT2D eigenvalue weighted by Crippen LogP contribution is -2.09. The first kappa shape index (κ1) is 16.0. The van der Waals surface area contributed by atoms with Gasteiger partial charge in [0.1, 0.15) is 19.0 Å². The van der Waals surface area contributed by atoms with Gasteiger partial charge in [-0.05, 0) is 45.8 Å². The van der Waals surface area contributed by atoms with Gasteiger partial charge in [-0.25, -0.2) is 0 Å². The third-order valence-corrected chi connectivity index (χ3v) is 3.75. The molecular weight excluding hydrogens is 356 g/mol. The molecule has 0 bridgehead atoms. The fourth-order valence-electron chi connectivity index (χ4n) is 1.79. The van der Waals surface area contributed by atoms with Crippen molar-refractivity contribution in [2.24, 2.45) is 0 Å². The van der Waals surface area contributed by atoms with E-state index in [1.165, 1.54) is 0 Å². The molecule has 0 aliphatic carbocycles. The maximum absolute atomic E-state index is 5.78. The van der Waals surface area contributed by atoms with Crippen LogP contribution in [0.2, 0.25) is 0 Å². The zero-order valence-electron chi connectivity index (χ0n) is 11.6. The highest BCUT2D eigenvalue weighted by atomic mass is 79.9. The van der Waals surface area contributed by atoms with Crippen molar-refractivity contribution < 1.29 is 14.2 Å². The van der Waals surface area contributed by atoms with Gasteiger partial charge >= 0.3 is 0 Å². The largest absolute Gasteiger partial charge is 0.493 e. The summed E-state index contributed by atoms with van der Waals surface area (Å²) in [4.78, 5) is 0. The average molecular weight is 372 g/mol. The Labute approximate surface area is 137 Å². The highest BCUT2D eigenvalue weighted by Crippen LogP contribution is 2.27. The van der Waals surface area contributed by atoms with E-state index in [0.717, 1.165) is 15.8 Å². The second-order valence-electron chi connectivity index (χ2n) is 4.25. The standard InChI is InChI=1S/C16H16BrClO3/c1-19-15-4-2-3-5-16(15)21-9-8-20-14-7-6-12(11-18)10-13(14)17/h2-7,10H,8-9,11H2,1H3. The van der Waals surface area contributed by atoms with E-state index in [2.05, 4.69) is 15.9 Å². The predicted molar refractivity (Wildman–Crippen MR) is 87.7 cm³/mol. The molecular formula is C16H16BrClO3. The highest BCUT2D eigenvalue weighted by molar-refractivity contribution is 9.10. The second kappa shape index (κ2) is 8.15. The zero-order chi connectivity index (χ0) is 15.1. The summed E-state index contributed by atoms with van der Waals surface area (Å²) in [5.41, 5.74) is 1.04. The molecule has 0 radical (unpaired) electrons. The van der Waals surface area contributed by atoms with E-state index in [9.17, 15) is 0 Å². The quantitative estimate of drug-likeness (QED) is 0.523. The van der Waals surface area contributed by atoms with Crippen molar-refractivity contribution in [1.82, 2.24) is 0 Å². The van der Waals surface area contributed by atoms with Gasteiger partial charge in [-0.15, -0.1) is 11.6 Å². The van der Waals surface area contributed by atoms with Crippen molar-refractivity contribution >= 4 is 27.5 Å². The zero-order valence-corrected chi connectivity index (χ0v) is 14.0. The summed E-state index contributed by atoms with van der Waals surface area (Å²) in [7, 11) is 1.62. The molecule has 5 heteroatoms. The van der Waals surface area contributed by atoms with Crippen LogP contribution in [0.3, 0.4) is 0 Å². The van der Waals surface area contributed by atoms with E-state index >= 15 is 0 Å². The number of benzene rings is 2. The van der Waals surface area contributed by atoms with Crippen LogP contribution in [0.1, 0.15) is 5.56 Å². The molecule has 0 amide bonds. The smallest absolute Gasteiger partial charge is 0.161 e. The van der Waals surface area contributed by atoms with Crippen LogP contribution >= 0.6 is 27.5 Å². The van der Waals surface area contributed by atoms with Gasteiger partial charge in [0, 0.05) is 5.88 Å². The molecule has 0 N–H and O–H groups in total. The summed E-state index contributed by atoms with van der Waals surface area (Å²) in [6.07, 6.45) is 0. The molecule has 0 aliphatic heterocycles. The van der Waals surface area contributed by atoms with Gasteiger partial charge in [0.05, 0.1) is 11.6 Å². The Kier molecular flexibility index (Phi) is 6.21. The lowest BCUT2D eigenvalue weighted by molar-refractivity contribution is 0.210. The molecule has 0 aliphatic rings. The van der Waals surface area contributed by atoms with Crippen molar-refractivity contribution in [2.45, 2.75) is 5.88 Å². The van der Waals surface area contributed by atoms with E-state index in [0.29, 0.717) is 30.6 Å². The van der Waals surface area contributed by atoms with E-state index in [1.807, 2.05) is 42.5 Å². The van der Waals surface area contributed by atoms with E-state index in [1.54, 1.807) is 7.11 Å². The molecule has 3 nitrogen and oxygen atoms in total. The number of hydrogen-bond acceptors (Lipinski definition) is 3. The Morgan fingerprint density at radius 2 is 1.62 bits per heavy atom. The van der Waals surface area contributed by atoms with Gasteiger partial charge in [0.2, 0.25) is 0 Å². The summed E-state index contributed by atoms with van der Waals surface area (Å²) >= 11 is 9.24. The normalized spacial score (nSPS) is 10.2. The third-order valence-electron chi connectivity index (χ3n) is 2.82. The second-order valence-corrected chi connectivity index (χ2v) is 5.37. The molecule has 2 rings (SSSR count). The summed E-state index contributed by atoms with van der Waals surface area (Å²) in [5, 5.41) is 0. The Morgan fingerprint density at radius 1 is 0.952 bits per heavy atom. The summed E-state index contributed by atoms with van der Waals surface area (Å²) < 4.78 is 17.4. The first-order valence-corrected chi connectivity index (χ1v) is 7.80. The van der Waals surface area contributed by atoms with E-state index in [-0.39, 0.29) is 0 Å². The van der Waals surface area contributed by atoms with Gasteiger partial charge in [0.15, 0.2) is 11.5 Å². The minimum absolute atomic E-state index is 0.435. The SMILES string of the molecule is COc1ccccc1OCCOc1ccc(CCl)cc1Br. The van der Waals surface area contributed by atoms with Gasteiger partial charge in [-0.3, -0.25) is 0 Å². The van der Waals surface area contributed by atoms with Gasteiger partial charge in [0.25, 0.3) is 0 Å². The van der Waals surface area contributed by atoms with E-state index in [4.69, 9.17) is 25.8 Å². The number of halogens is 2. The minimum atomic E-state index is 0.435. The Bertz CT molecular complexity index is 589. The maximum Gasteiger partial charge on any atom is 0.161 e. The number of hydrogen-bond donors (Lipinski definition) is 0. The number of para-hydroxylation sites is 2. The molecule has 0 fully saturated rings. The number of methoxy groups -OCH3 is 1. The van der Waals surface area contributed by atoms with Crippen LogP contribution in [-0.4, -0.2) is 20.3 Å². The highest BCUT2D eigenvalue weighted by Gasteiger charge is 2.04. The lowest BCUT2D eigenvalue weighted by atomic mass is 10.2. The molecule has 2 aromatic rings. The fourth-order valence-corrected chi connectivity index (χ4v) is 2.49. The van der Waals surface area contributed by atoms with Crippen molar-refractivity contribution in [1.29, 1.82) is 0 Å². The molecule has 0 saturated heterocycles. The number of alkyl halides is 1. The molecule has 2 aromatic carbocycles. The molecule has 0 aromatic heterocycles. The fraction of sp³-hybridized carbons (Fsp3) is 0.250. The van der Waals surface area contributed by atoms with Crippen molar-refractivity contribution in [3.63, 3.8) is 0 Å². The molecule has 0 atom stereocenters. The Morgan fingerprint density at radius 3 is 2.24 bits per heavy atom. The molecule has 0 unspecified atom stereocenters. The molecule has 21 heavy (non-hydrogen) atoms. The third kappa shape index (κ3) is 4.55. The first-order valence-electron chi connectivity index (χ1n) is 6.47. The summed E-state index contributed by atoms with van der Waals surface area (Å²) in [5.74, 6) is 2.67. The molecule has 0 saturated carbocycles. The van der Waals surface area contributed by atoms with Crippen LogP contribution < -0.4 is 14.2 Å². The van der Waals surface area contributed by atoms with Crippen LogP contribution in [-0.2, 0) is 5.88 Å². The number of ether oxygens (including phenoxy) is 3. The van der Waals surface area contributed by atoms with Crippen LogP contribution in [0.25, 0.3) is 0 Å². The number of rotatable bonds is 7. The van der Waals surface area contributed by atoms with Crippen molar-refractivity contribution in [3.8, 4) is 17.2 Å². The average Bonchev–Trinajstić information content (AvgIpc) is 2.53. The van der Waals surface area contributed by atoms with Crippen molar-refractivity contribution in [3.05, 3.63) is 52.5 Å². The molecule has 0 spiro atoms.